The molecule has 0 saturated heterocycles. The molecule has 1 atom stereocenters. The number of nitro benzene ring substituents is 2. The number of hydrogen-bond acceptors (Lipinski definition) is 6. The molecule has 0 amide bonds. The van der Waals surface area contributed by atoms with Crippen LogP contribution in [-0.2, 0) is 0 Å². The Morgan fingerprint density at radius 3 is 2.33 bits per heavy atom. The Bertz CT molecular complexity index is 550. The van der Waals surface area contributed by atoms with Gasteiger partial charge in [0.25, 0.3) is 5.69 Å². The van der Waals surface area contributed by atoms with Crippen LogP contribution in [0, 0.1) is 26.0 Å². The van der Waals surface area contributed by atoms with Crippen molar-refractivity contribution in [2.75, 3.05) is 26.0 Å². The van der Waals surface area contributed by atoms with E-state index in [0.29, 0.717) is 19.0 Å². The summed E-state index contributed by atoms with van der Waals surface area (Å²) in [6.45, 7) is 2.40. The molecule has 0 fully saturated rings. The molecule has 0 heterocycles. The minimum atomic E-state index is -1.01. The van der Waals surface area contributed by atoms with Crippen molar-refractivity contribution in [3.8, 4) is 0 Å². The average molecular weight is 300 g/mol. The molecule has 0 saturated carbocycles. The van der Waals surface area contributed by atoms with Crippen molar-refractivity contribution in [2.24, 2.45) is 0 Å². The summed E-state index contributed by atoms with van der Waals surface area (Å²) in [7, 11) is 3.65. The standard InChI is InChI=1S/C12H17FN4O4/c1-4-8(7-15(2)3)14-12-10(13)5-9(16(18)19)6-11(12)17(20)21/h5-6,8,14H,4,7H2,1-3H3. The lowest BCUT2D eigenvalue weighted by Gasteiger charge is -2.22. The number of non-ortho nitro benzene ring substituents is 1. The van der Waals surface area contributed by atoms with E-state index in [4.69, 9.17) is 0 Å². The molecule has 1 aromatic carbocycles. The smallest absolute Gasteiger partial charge is 0.302 e. The zero-order chi connectivity index (χ0) is 16.2. The number of nitrogens with one attached hydrogen (secondary N) is 1. The van der Waals surface area contributed by atoms with E-state index >= 15 is 0 Å². The first kappa shape index (κ1) is 16.8. The fourth-order valence-corrected chi connectivity index (χ4v) is 1.89. The molecule has 0 radical (unpaired) electrons. The fraction of sp³-hybridized carbons (Fsp3) is 0.500. The number of benzene rings is 1. The van der Waals surface area contributed by atoms with Gasteiger partial charge in [0, 0.05) is 12.6 Å². The Kier molecular flexibility index (Phi) is 5.53. The van der Waals surface area contributed by atoms with Gasteiger partial charge >= 0.3 is 5.69 Å². The van der Waals surface area contributed by atoms with Crippen LogP contribution in [0.1, 0.15) is 13.3 Å². The predicted octanol–water partition coefficient (Wildman–Crippen LogP) is 2.39. The van der Waals surface area contributed by atoms with Gasteiger partial charge < -0.3 is 10.2 Å². The van der Waals surface area contributed by atoms with Crippen LogP contribution in [0.25, 0.3) is 0 Å². The molecule has 1 rings (SSSR count). The van der Waals surface area contributed by atoms with Gasteiger partial charge in [0.1, 0.15) is 0 Å². The Balaban J connectivity index is 3.21. The second-order valence-electron chi connectivity index (χ2n) is 4.85. The zero-order valence-electron chi connectivity index (χ0n) is 12.0. The van der Waals surface area contributed by atoms with Crippen LogP contribution in [0.2, 0.25) is 0 Å². The van der Waals surface area contributed by atoms with Crippen LogP contribution >= 0.6 is 0 Å². The summed E-state index contributed by atoms with van der Waals surface area (Å²) < 4.78 is 14.0. The summed E-state index contributed by atoms with van der Waals surface area (Å²) in [4.78, 5) is 21.8. The van der Waals surface area contributed by atoms with Crippen LogP contribution in [0.5, 0.6) is 0 Å². The quantitative estimate of drug-likeness (QED) is 0.612. The lowest BCUT2D eigenvalue weighted by atomic mass is 10.1. The fourth-order valence-electron chi connectivity index (χ4n) is 1.89. The first-order chi connectivity index (χ1) is 9.76. The third-order valence-electron chi connectivity index (χ3n) is 2.89. The van der Waals surface area contributed by atoms with Gasteiger partial charge in [-0.05, 0) is 20.5 Å². The molecule has 1 aromatic rings. The van der Waals surface area contributed by atoms with Crippen LogP contribution in [0.3, 0.4) is 0 Å². The van der Waals surface area contributed by atoms with Crippen molar-refractivity contribution in [1.82, 2.24) is 4.90 Å². The molecule has 0 aliphatic rings. The van der Waals surface area contributed by atoms with Gasteiger partial charge in [-0.15, -0.1) is 0 Å². The monoisotopic (exact) mass is 300 g/mol. The highest BCUT2D eigenvalue weighted by Crippen LogP contribution is 2.32. The van der Waals surface area contributed by atoms with Gasteiger partial charge in [-0.2, -0.15) is 0 Å². The Labute approximate surface area is 120 Å². The summed E-state index contributed by atoms with van der Waals surface area (Å²) in [5, 5.41) is 24.4. The van der Waals surface area contributed by atoms with Crippen molar-refractivity contribution in [1.29, 1.82) is 0 Å². The van der Waals surface area contributed by atoms with E-state index < -0.39 is 27.0 Å². The van der Waals surface area contributed by atoms with E-state index in [1.807, 2.05) is 25.9 Å². The second-order valence-corrected chi connectivity index (χ2v) is 4.85. The summed E-state index contributed by atoms with van der Waals surface area (Å²) in [5.41, 5.74) is -1.61. The van der Waals surface area contributed by atoms with Crippen molar-refractivity contribution < 1.29 is 14.2 Å². The van der Waals surface area contributed by atoms with Gasteiger partial charge in [-0.3, -0.25) is 20.2 Å². The molecular formula is C12H17FN4O4. The number of rotatable bonds is 7. The summed E-state index contributed by atoms with van der Waals surface area (Å²) >= 11 is 0. The lowest BCUT2D eigenvalue weighted by Crippen LogP contribution is -2.32. The Hall–Kier alpha value is -2.29. The number of hydrogen-bond donors (Lipinski definition) is 1. The van der Waals surface area contributed by atoms with Crippen molar-refractivity contribution in [2.45, 2.75) is 19.4 Å². The summed E-state index contributed by atoms with van der Waals surface area (Å²) in [6.07, 6.45) is 0.617. The maximum atomic E-state index is 14.0. The molecule has 116 valence electrons. The zero-order valence-corrected chi connectivity index (χ0v) is 12.0. The summed E-state index contributed by atoms with van der Waals surface area (Å²) in [5.74, 6) is -1.01. The second kappa shape index (κ2) is 6.93. The van der Waals surface area contributed by atoms with Crippen LogP contribution in [-0.4, -0.2) is 41.4 Å². The van der Waals surface area contributed by atoms with E-state index in [1.165, 1.54) is 0 Å². The molecule has 21 heavy (non-hydrogen) atoms. The molecule has 0 spiro atoms. The first-order valence-electron chi connectivity index (χ1n) is 6.29. The molecule has 9 heteroatoms. The van der Waals surface area contributed by atoms with Crippen molar-refractivity contribution in [3.05, 3.63) is 38.2 Å². The number of nitrogens with zero attached hydrogens (tertiary/aromatic N) is 3. The summed E-state index contributed by atoms with van der Waals surface area (Å²) in [6, 6.07) is 1.22. The lowest BCUT2D eigenvalue weighted by molar-refractivity contribution is -0.393. The molecule has 1 N–H and O–H groups in total. The Morgan fingerprint density at radius 2 is 1.90 bits per heavy atom. The predicted molar refractivity (Wildman–Crippen MR) is 76.0 cm³/mol. The third-order valence-corrected chi connectivity index (χ3v) is 2.89. The van der Waals surface area contributed by atoms with Crippen molar-refractivity contribution >= 4 is 17.1 Å². The normalized spacial score (nSPS) is 12.2. The van der Waals surface area contributed by atoms with E-state index in [2.05, 4.69) is 5.32 Å². The maximum absolute atomic E-state index is 14.0. The molecule has 0 bridgehead atoms. The number of likely N-dealkylation sites (N-methyl/N-ethyl adjacent to an activating group) is 1. The van der Waals surface area contributed by atoms with Gasteiger partial charge in [0.15, 0.2) is 11.5 Å². The number of anilines is 1. The highest BCUT2D eigenvalue weighted by Gasteiger charge is 2.26. The average Bonchev–Trinajstić information content (AvgIpc) is 2.38. The largest absolute Gasteiger partial charge is 0.373 e. The van der Waals surface area contributed by atoms with Gasteiger partial charge in [-0.25, -0.2) is 4.39 Å². The minimum absolute atomic E-state index is 0.213. The molecular weight excluding hydrogens is 283 g/mol. The van der Waals surface area contributed by atoms with E-state index in [0.717, 1.165) is 6.07 Å². The molecule has 1 unspecified atom stereocenters. The minimum Gasteiger partial charge on any atom is -0.373 e. The van der Waals surface area contributed by atoms with Crippen LogP contribution in [0.4, 0.5) is 21.5 Å². The number of halogens is 1. The molecule has 0 aliphatic carbocycles. The van der Waals surface area contributed by atoms with Gasteiger partial charge in [0.2, 0.25) is 0 Å². The molecule has 8 nitrogen and oxygen atoms in total. The van der Waals surface area contributed by atoms with E-state index in [-0.39, 0.29) is 11.7 Å². The molecule has 0 aromatic heterocycles. The van der Waals surface area contributed by atoms with Crippen molar-refractivity contribution in [3.63, 3.8) is 0 Å². The highest BCUT2D eigenvalue weighted by atomic mass is 19.1. The first-order valence-corrected chi connectivity index (χ1v) is 6.29. The van der Waals surface area contributed by atoms with Crippen LogP contribution in [0.15, 0.2) is 12.1 Å². The SMILES string of the molecule is CCC(CN(C)C)Nc1c(F)cc([N+](=O)[O-])cc1[N+](=O)[O-]. The Morgan fingerprint density at radius 1 is 1.29 bits per heavy atom. The number of nitro groups is 2. The van der Waals surface area contributed by atoms with E-state index in [1.54, 1.807) is 0 Å². The van der Waals surface area contributed by atoms with Gasteiger partial charge in [0.05, 0.1) is 22.0 Å². The van der Waals surface area contributed by atoms with Crippen LogP contribution < -0.4 is 5.32 Å². The molecule has 0 aliphatic heterocycles. The van der Waals surface area contributed by atoms with Gasteiger partial charge in [-0.1, -0.05) is 6.92 Å². The third kappa shape index (κ3) is 4.35. The van der Waals surface area contributed by atoms with E-state index in [9.17, 15) is 24.6 Å². The maximum Gasteiger partial charge on any atom is 0.302 e. The topological polar surface area (TPSA) is 102 Å². The highest BCUT2D eigenvalue weighted by molar-refractivity contribution is 5.66.